The topological polar surface area (TPSA) is 53.1 Å². The Morgan fingerprint density at radius 2 is 2.05 bits per heavy atom. The van der Waals surface area contributed by atoms with E-state index in [1.165, 1.54) is 25.9 Å². The van der Waals surface area contributed by atoms with Crippen LogP contribution in [-0.4, -0.2) is 48.1 Å². The van der Waals surface area contributed by atoms with Crippen LogP contribution in [0.15, 0.2) is 6.33 Å². The average Bonchev–Trinajstić information content (AvgIpc) is 2.40. The zero-order valence-electron chi connectivity index (χ0n) is 12.2. The molecule has 1 fully saturated rings. The largest absolute Gasteiger partial charge is 0.370 e. The summed E-state index contributed by atoms with van der Waals surface area (Å²) in [6.07, 6.45) is 4.23. The summed E-state index contributed by atoms with van der Waals surface area (Å²) >= 11 is 0. The summed E-state index contributed by atoms with van der Waals surface area (Å²) in [7, 11) is 2.20. The Kier molecular flexibility index (Phi) is 4.96. The number of nitrogens with zero attached hydrogens (tertiary/aromatic N) is 3. The van der Waals surface area contributed by atoms with Crippen LogP contribution in [-0.2, 0) is 0 Å². The highest BCUT2D eigenvalue weighted by molar-refractivity contribution is 5.56. The third-order valence-electron chi connectivity index (χ3n) is 3.71. The van der Waals surface area contributed by atoms with Crippen molar-refractivity contribution < 1.29 is 0 Å². The van der Waals surface area contributed by atoms with Gasteiger partial charge in [-0.25, -0.2) is 9.97 Å². The fraction of sp³-hybridized carbons (Fsp3) is 0.714. The first-order chi connectivity index (χ1) is 9.20. The lowest BCUT2D eigenvalue weighted by molar-refractivity contribution is 0.217. The number of rotatable bonds is 5. The summed E-state index contributed by atoms with van der Waals surface area (Å²) in [6.45, 7) is 8.42. The molecule has 1 unspecified atom stereocenters. The summed E-state index contributed by atoms with van der Waals surface area (Å²) in [4.78, 5) is 11.0. The predicted octanol–water partition coefficient (Wildman–Crippen LogP) is 1.97. The maximum Gasteiger partial charge on any atom is 0.134 e. The van der Waals surface area contributed by atoms with Crippen molar-refractivity contribution in [3.8, 4) is 0 Å². The molecule has 1 saturated heterocycles. The lowest BCUT2D eigenvalue weighted by Crippen LogP contribution is -2.35. The van der Waals surface area contributed by atoms with Gasteiger partial charge < -0.3 is 15.5 Å². The first-order valence-corrected chi connectivity index (χ1v) is 7.18. The molecule has 0 aromatic carbocycles. The molecule has 1 aromatic heterocycles. The van der Waals surface area contributed by atoms with Crippen LogP contribution in [0.4, 0.5) is 11.6 Å². The Balaban J connectivity index is 1.93. The highest BCUT2D eigenvalue weighted by atomic mass is 15.1. The van der Waals surface area contributed by atoms with E-state index in [2.05, 4.69) is 46.4 Å². The molecule has 1 aliphatic heterocycles. The smallest absolute Gasteiger partial charge is 0.134 e. The van der Waals surface area contributed by atoms with Gasteiger partial charge in [0.2, 0.25) is 0 Å². The van der Waals surface area contributed by atoms with E-state index in [0.29, 0.717) is 0 Å². The molecule has 5 nitrogen and oxygen atoms in total. The van der Waals surface area contributed by atoms with E-state index in [9.17, 15) is 0 Å². The molecule has 0 amide bonds. The molecular formula is C14H25N5. The average molecular weight is 263 g/mol. The van der Waals surface area contributed by atoms with Gasteiger partial charge in [0.05, 0.1) is 0 Å². The van der Waals surface area contributed by atoms with Gasteiger partial charge in [-0.3, -0.25) is 0 Å². The van der Waals surface area contributed by atoms with Crippen molar-refractivity contribution in [3.63, 3.8) is 0 Å². The summed E-state index contributed by atoms with van der Waals surface area (Å²) in [5.41, 5.74) is 1.11. The number of anilines is 2. The highest BCUT2D eigenvalue weighted by Gasteiger charge is 2.17. The van der Waals surface area contributed by atoms with Crippen molar-refractivity contribution in [2.75, 3.05) is 43.9 Å². The molecule has 2 heterocycles. The Hall–Kier alpha value is -1.36. The summed E-state index contributed by atoms with van der Waals surface area (Å²) in [5.74, 6) is 2.61. The van der Waals surface area contributed by atoms with E-state index < -0.39 is 0 Å². The van der Waals surface area contributed by atoms with Crippen LogP contribution in [0.3, 0.4) is 0 Å². The van der Waals surface area contributed by atoms with Gasteiger partial charge in [-0.1, -0.05) is 0 Å². The van der Waals surface area contributed by atoms with E-state index in [-0.39, 0.29) is 0 Å². The van der Waals surface area contributed by atoms with Gasteiger partial charge in [0.1, 0.15) is 18.0 Å². The normalized spacial score (nSPS) is 20.3. The second-order valence-electron chi connectivity index (χ2n) is 5.38. The van der Waals surface area contributed by atoms with Crippen molar-refractivity contribution >= 4 is 11.6 Å². The monoisotopic (exact) mass is 263 g/mol. The van der Waals surface area contributed by atoms with E-state index in [1.807, 2.05) is 0 Å². The predicted molar refractivity (Wildman–Crippen MR) is 79.6 cm³/mol. The van der Waals surface area contributed by atoms with Crippen LogP contribution in [0.1, 0.15) is 25.3 Å². The molecule has 2 N–H and O–H groups in total. The van der Waals surface area contributed by atoms with Crippen LogP contribution >= 0.6 is 0 Å². The molecule has 1 atom stereocenters. The highest BCUT2D eigenvalue weighted by Crippen LogP contribution is 2.20. The molecular weight excluding hydrogens is 238 g/mol. The van der Waals surface area contributed by atoms with Crippen molar-refractivity contribution in [2.24, 2.45) is 5.92 Å². The van der Waals surface area contributed by atoms with Crippen LogP contribution in [0, 0.1) is 12.8 Å². The van der Waals surface area contributed by atoms with Crippen LogP contribution in [0.2, 0.25) is 0 Å². The van der Waals surface area contributed by atoms with Gasteiger partial charge in [-0.2, -0.15) is 0 Å². The molecule has 0 radical (unpaired) electrons. The van der Waals surface area contributed by atoms with Crippen LogP contribution in [0.25, 0.3) is 0 Å². The standard InChI is InChI=1S/C14H25N5/c1-4-15-13-11(2)14(18-10-17-13)16-8-12-6-5-7-19(3)9-12/h10,12H,4-9H2,1-3H3,(H2,15,16,17,18). The van der Waals surface area contributed by atoms with Crippen molar-refractivity contribution in [3.05, 3.63) is 11.9 Å². The molecule has 106 valence electrons. The fourth-order valence-electron chi connectivity index (χ4n) is 2.65. The third kappa shape index (κ3) is 3.80. The SMILES string of the molecule is CCNc1ncnc(NCC2CCCN(C)C2)c1C. The van der Waals surface area contributed by atoms with Crippen LogP contribution in [0.5, 0.6) is 0 Å². The third-order valence-corrected chi connectivity index (χ3v) is 3.71. The van der Waals surface area contributed by atoms with E-state index in [4.69, 9.17) is 0 Å². The fourth-order valence-corrected chi connectivity index (χ4v) is 2.65. The summed E-state index contributed by atoms with van der Waals surface area (Å²) in [5, 5.41) is 6.75. The number of likely N-dealkylation sites (tertiary alicyclic amines) is 1. The molecule has 1 aliphatic rings. The second kappa shape index (κ2) is 6.70. The molecule has 19 heavy (non-hydrogen) atoms. The molecule has 1 aromatic rings. The lowest BCUT2D eigenvalue weighted by atomic mass is 9.98. The molecule has 2 rings (SSSR count). The van der Waals surface area contributed by atoms with Gasteiger partial charge >= 0.3 is 0 Å². The van der Waals surface area contributed by atoms with Gasteiger partial charge in [0, 0.05) is 25.2 Å². The Morgan fingerprint density at radius 1 is 1.32 bits per heavy atom. The van der Waals surface area contributed by atoms with E-state index in [0.717, 1.165) is 36.2 Å². The number of hydrogen-bond acceptors (Lipinski definition) is 5. The second-order valence-corrected chi connectivity index (χ2v) is 5.38. The van der Waals surface area contributed by atoms with Gasteiger partial charge in [-0.05, 0) is 46.2 Å². The first-order valence-electron chi connectivity index (χ1n) is 7.18. The number of piperidine rings is 1. The van der Waals surface area contributed by atoms with E-state index >= 15 is 0 Å². The number of nitrogens with one attached hydrogen (secondary N) is 2. The minimum atomic E-state index is 0.718. The van der Waals surface area contributed by atoms with Gasteiger partial charge in [0.25, 0.3) is 0 Å². The van der Waals surface area contributed by atoms with Gasteiger partial charge in [-0.15, -0.1) is 0 Å². The molecule has 0 saturated carbocycles. The van der Waals surface area contributed by atoms with Crippen molar-refractivity contribution in [1.29, 1.82) is 0 Å². The lowest BCUT2D eigenvalue weighted by Gasteiger charge is -2.30. The zero-order chi connectivity index (χ0) is 13.7. The maximum absolute atomic E-state index is 4.35. The Morgan fingerprint density at radius 3 is 2.74 bits per heavy atom. The Labute approximate surface area is 115 Å². The van der Waals surface area contributed by atoms with Crippen LogP contribution < -0.4 is 10.6 Å². The summed E-state index contributed by atoms with van der Waals surface area (Å²) < 4.78 is 0. The Bertz CT molecular complexity index is 407. The van der Waals surface area contributed by atoms with Gasteiger partial charge in [0.15, 0.2) is 0 Å². The molecule has 5 heteroatoms. The molecule has 0 aliphatic carbocycles. The quantitative estimate of drug-likeness (QED) is 0.850. The van der Waals surface area contributed by atoms with Crippen molar-refractivity contribution in [1.82, 2.24) is 14.9 Å². The molecule has 0 bridgehead atoms. The summed E-state index contributed by atoms with van der Waals surface area (Å²) in [6, 6.07) is 0. The van der Waals surface area contributed by atoms with Crippen molar-refractivity contribution in [2.45, 2.75) is 26.7 Å². The maximum atomic E-state index is 4.35. The number of aromatic nitrogens is 2. The zero-order valence-corrected chi connectivity index (χ0v) is 12.2. The first kappa shape index (κ1) is 14.1. The minimum Gasteiger partial charge on any atom is -0.370 e. The van der Waals surface area contributed by atoms with E-state index in [1.54, 1.807) is 6.33 Å². The molecule has 0 spiro atoms. The minimum absolute atomic E-state index is 0.718. The number of hydrogen-bond donors (Lipinski definition) is 2.